The smallest absolute Gasteiger partial charge is 0.254 e. The third kappa shape index (κ3) is 3.26. The second-order valence-electron chi connectivity index (χ2n) is 4.50. The van der Waals surface area contributed by atoms with Crippen LogP contribution in [-0.2, 0) is 11.3 Å². The fourth-order valence-corrected chi connectivity index (χ4v) is 2.59. The van der Waals surface area contributed by atoms with E-state index in [0.29, 0.717) is 11.4 Å². The van der Waals surface area contributed by atoms with Crippen molar-refractivity contribution in [1.82, 2.24) is 14.5 Å². The van der Waals surface area contributed by atoms with Crippen molar-refractivity contribution in [1.29, 1.82) is 0 Å². The number of hydrogen-bond acceptors (Lipinski definition) is 5. The molecule has 0 unspecified atom stereocenters. The first-order valence-corrected chi connectivity index (χ1v) is 7.40. The zero-order valence-corrected chi connectivity index (χ0v) is 12.3. The lowest BCUT2D eigenvalue weighted by molar-refractivity contribution is -0.116. The van der Waals surface area contributed by atoms with Crippen molar-refractivity contribution in [2.75, 3.05) is 5.32 Å². The van der Waals surface area contributed by atoms with E-state index >= 15 is 0 Å². The molecule has 0 aromatic carbocycles. The third-order valence-electron chi connectivity index (χ3n) is 2.93. The number of thiophene rings is 1. The number of aromatic nitrogens is 3. The summed E-state index contributed by atoms with van der Waals surface area (Å²) in [5, 5.41) is 4.62. The number of hydrogen-bond donors (Lipinski definition) is 1. The van der Waals surface area contributed by atoms with Crippen LogP contribution in [-0.4, -0.2) is 20.4 Å². The summed E-state index contributed by atoms with van der Waals surface area (Å²) in [7, 11) is 0. The Morgan fingerprint density at radius 1 is 1.27 bits per heavy atom. The summed E-state index contributed by atoms with van der Waals surface area (Å²) < 4.78 is 1.27. The van der Waals surface area contributed by atoms with Gasteiger partial charge in [-0.25, -0.2) is 4.98 Å². The molecule has 6 nitrogen and oxygen atoms in total. The van der Waals surface area contributed by atoms with E-state index in [9.17, 15) is 9.59 Å². The van der Waals surface area contributed by atoms with Crippen LogP contribution in [0.2, 0.25) is 0 Å². The molecule has 7 heteroatoms. The minimum Gasteiger partial charge on any atom is -0.324 e. The van der Waals surface area contributed by atoms with E-state index in [1.54, 1.807) is 24.5 Å². The average molecular weight is 312 g/mol. The van der Waals surface area contributed by atoms with Crippen LogP contribution in [0.25, 0.3) is 10.6 Å². The zero-order valence-electron chi connectivity index (χ0n) is 11.5. The molecule has 0 bridgehead atoms. The van der Waals surface area contributed by atoms with Gasteiger partial charge in [0.15, 0.2) is 0 Å². The quantitative estimate of drug-likeness (QED) is 0.799. The van der Waals surface area contributed by atoms with Crippen LogP contribution in [0.3, 0.4) is 0 Å². The van der Waals surface area contributed by atoms with Crippen molar-refractivity contribution in [2.45, 2.75) is 6.54 Å². The summed E-state index contributed by atoms with van der Waals surface area (Å²) in [6.45, 7) is -0.0844. The standard InChI is InChI=1S/C15H12N4O2S/c20-14(18-11-3-5-16-6-4-11)9-19-10-17-12(8-15(19)21)13-2-1-7-22-13/h1-8,10H,9H2,(H,16,18,20). The zero-order chi connectivity index (χ0) is 15.4. The highest BCUT2D eigenvalue weighted by molar-refractivity contribution is 7.13. The van der Waals surface area contributed by atoms with Gasteiger partial charge in [0.2, 0.25) is 5.91 Å². The minimum atomic E-state index is -0.293. The van der Waals surface area contributed by atoms with Gasteiger partial charge in [0.05, 0.1) is 16.9 Å². The maximum atomic E-state index is 12.1. The molecule has 3 aromatic rings. The number of rotatable bonds is 4. The van der Waals surface area contributed by atoms with Crippen LogP contribution in [0.15, 0.2) is 59.2 Å². The lowest BCUT2D eigenvalue weighted by atomic mass is 10.3. The van der Waals surface area contributed by atoms with Gasteiger partial charge < -0.3 is 5.32 Å². The fraction of sp³-hybridized carbons (Fsp3) is 0.0667. The maximum Gasteiger partial charge on any atom is 0.254 e. The molecule has 0 saturated heterocycles. The number of nitrogens with zero attached hydrogens (tertiary/aromatic N) is 3. The summed E-state index contributed by atoms with van der Waals surface area (Å²) in [4.78, 5) is 33.0. The molecule has 1 N–H and O–H groups in total. The summed E-state index contributed by atoms with van der Waals surface area (Å²) in [5.41, 5.74) is 0.991. The van der Waals surface area contributed by atoms with Crippen molar-refractivity contribution in [2.24, 2.45) is 0 Å². The van der Waals surface area contributed by atoms with Crippen LogP contribution in [0.4, 0.5) is 5.69 Å². The molecule has 0 aliphatic heterocycles. The molecule has 110 valence electrons. The minimum absolute atomic E-state index is 0.0844. The molecule has 0 aliphatic carbocycles. The Hall–Kier alpha value is -2.80. The van der Waals surface area contributed by atoms with Gasteiger partial charge in [0.25, 0.3) is 5.56 Å². The summed E-state index contributed by atoms with van der Waals surface area (Å²) in [5.74, 6) is -0.293. The van der Waals surface area contributed by atoms with Crippen molar-refractivity contribution in [3.8, 4) is 10.6 Å². The van der Waals surface area contributed by atoms with Crippen molar-refractivity contribution in [3.63, 3.8) is 0 Å². The predicted molar refractivity (Wildman–Crippen MR) is 84.7 cm³/mol. The first kappa shape index (κ1) is 14.2. The monoisotopic (exact) mass is 312 g/mol. The number of amides is 1. The summed E-state index contributed by atoms with van der Waals surface area (Å²) in [6.07, 6.45) is 4.56. The molecule has 3 aromatic heterocycles. The Morgan fingerprint density at radius 3 is 2.77 bits per heavy atom. The topological polar surface area (TPSA) is 76.9 Å². The van der Waals surface area contributed by atoms with Crippen LogP contribution < -0.4 is 10.9 Å². The van der Waals surface area contributed by atoms with E-state index in [4.69, 9.17) is 0 Å². The summed E-state index contributed by atoms with van der Waals surface area (Å²) in [6, 6.07) is 8.59. The Kier molecular flexibility index (Phi) is 4.06. The van der Waals surface area contributed by atoms with Crippen molar-refractivity contribution < 1.29 is 4.79 Å². The molecule has 0 spiro atoms. The third-order valence-corrected chi connectivity index (χ3v) is 3.82. The molecule has 0 saturated carbocycles. The molecule has 0 fully saturated rings. The van der Waals surface area contributed by atoms with E-state index < -0.39 is 0 Å². The van der Waals surface area contributed by atoms with Crippen LogP contribution in [0, 0.1) is 0 Å². The average Bonchev–Trinajstić information content (AvgIpc) is 3.04. The Morgan fingerprint density at radius 2 is 2.09 bits per heavy atom. The van der Waals surface area contributed by atoms with E-state index in [-0.39, 0.29) is 18.0 Å². The molecular formula is C15H12N4O2S. The number of pyridine rings is 1. The molecular weight excluding hydrogens is 300 g/mol. The Balaban J connectivity index is 1.73. The van der Waals surface area contributed by atoms with Gasteiger partial charge in [-0.1, -0.05) is 6.07 Å². The molecule has 3 heterocycles. The van der Waals surface area contributed by atoms with Crippen molar-refractivity contribution in [3.05, 3.63) is 64.8 Å². The van der Waals surface area contributed by atoms with Crippen LogP contribution >= 0.6 is 11.3 Å². The second kappa shape index (κ2) is 6.31. The van der Waals surface area contributed by atoms with Gasteiger partial charge in [-0.05, 0) is 23.6 Å². The number of anilines is 1. The lowest BCUT2D eigenvalue weighted by Gasteiger charge is -2.07. The van der Waals surface area contributed by atoms with Gasteiger partial charge in [0, 0.05) is 24.1 Å². The van der Waals surface area contributed by atoms with Gasteiger partial charge in [0.1, 0.15) is 6.54 Å². The highest BCUT2D eigenvalue weighted by atomic mass is 32.1. The van der Waals surface area contributed by atoms with E-state index in [2.05, 4.69) is 15.3 Å². The van der Waals surface area contributed by atoms with E-state index in [1.165, 1.54) is 28.3 Å². The lowest BCUT2D eigenvalue weighted by Crippen LogP contribution is -2.27. The SMILES string of the molecule is O=C(Cn1cnc(-c2cccs2)cc1=O)Nc1ccncc1. The predicted octanol–water partition coefficient (Wildman–Crippen LogP) is 2.01. The Labute approximate surface area is 130 Å². The van der Waals surface area contributed by atoms with E-state index in [1.807, 2.05) is 17.5 Å². The molecule has 0 aliphatic rings. The molecule has 1 amide bonds. The van der Waals surface area contributed by atoms with E-state index in [0.717, 1.165) is 4.88 Å². The summed E-state index contributed by atoms with van der Waals surface area (Å²) >= 11 is 1.51. The van der Waals surface area contributed by atoms with Crippen LogP contribution in [0.1, 0.15) is 0 Å². The molecule has 0 atom stereocenters. The van der Waals surface area contributed by atoms with Gasteiger partial charge in [-0.3, -0.25) is 19.1 Å². The van der Waals surface area contributed by atoms with Gasteiger partial charge in [-0.2, -0.15) is 0 Å². The highest BCUT2D eigenvalue weighted by Crippen LogP contribution is 2.20. The normalized spacial score (nSPS) is 10.4. The molecule has 3 rings (SSSR count). The first-order valence-electron chi connectivity index (χ1n) is 6.52. The molecule has 0 radical (unpaired) electrons. The van der Waals surface area contributed by atoms with Crippen molar-refractivity contribution >= 4 is 22.9 Å². The van der Waals surface area contributed by atoms with Gasteiger partial charge >= 0.3 is 0 Å². The van der Waals surface area contributed by atoms with Gasteiger partial charge in [-0.15, -0.1) is 11.3 Å². The second-order valence-corrected chi connectivity index (χ2v) is 5.45. The highest BCUT2D eigenvalue weighted by Gasteiger charge is 2.07. The Bertz CT molecular complexity index is 828. The number of carbonyl (C=O) groups is 1. The van der Waals surface area contributed by atoms with Crippen LogP contribution in [0.5, 0.6) is 0 Å². The number of carbonyl (C=O) groups excluding carboxylic acids is 1. The first-order chi connectivity index (χ1) is 10.7. The largest absolute Gasteiger partial charge is 0.324 e. The molecule has 22 heavy (non-hydrogen) atoms. The number of nitrogens with one attached hydrogen (secondary N) is 1. The maximum absolute atomic E-state index is 12.1. The fourth-order valence-electron chi connectivity index (χ4n) is 1.89.